The van der Waals surface area contributed by atoms with Crippen molar-refractivity contribution in [1.29, 1.82) is 0 Å². The van der Waals surface area contributed by atoms with Gasteiger partial charge in [0.15, 0.2) is 5.82 Å². The summed E-state index contributed by atoms with van der Waals surface area (Å²) in [4.78, 5) is 6.65. The van der Waals surface area contributed by atoms with Crippen molar-refractivity contribution in [2.75, 3.05) is 16.9 Å². The molecule has 2 aromatic carbocycles. The van der Waals surface area contributed by atoms with Gasteiger partial charge in [0.2, 0.25) is 0 Å². The van der Waals surface area contributed by atoms with Gasteiger partial charge in [0.05, 0.1) is 11.4 Å². The van der Waals surface area contributed by atoms with Crippen molar-refractivity contribution in [3.63, 3.8) is 0 Å². The summed E-state index contributed by atoms with van der Waals surface area (Å²) in [5.41, 5.74) is 3.39. The quantitative estimate of drug-likeness (QED) is 0.695. The second-order valence-electron chi connectivity index (χ2n) is 7.28. The smallest absolute Gasteiger partial charge is 0.156 e. The minimum absolute atomic E-state index is 0.122. The predicted molar refractivity (Wildman–Crippen MR) is 112 cm³/mol. The zero-order valence-corrected chi connectivity index (χ0v) is 16.9. The Bertz CT molecular complexity index is 1160. The zero-order valence-electron chi connectivity index (χ0n) is 16.1. The Morgan fingerprint density at radius 1 is 1.17 bits per heavy atom. The molecular weight excluding hydrogens is 391 g/mol. The second kappa shape index (κ2) is 7.44. The lowest BCUT2D eigenvalue weighted by Gasteiger charge is -2.37. The van der Waals surface area contributed by atoms with Crippen LogP contribution in [0.1, 0.15) is 22.7 Å². The van der Waals surface area contributed by atoms with E-state index in [1.807, 2.05) is 42.2 Å². The molecule has 1 aliphatic rings. The number of aromatic amines is 1. The van der Waals surface area contributed by atoms with E-state index < -0.39 is 21.9 Å². The predicted octanol–water partition coefficient (Wildman–Crippen LogP) is 3.58. The number of aliphatic imine (C=N–C) groups is 1. The monoisotopic (exact) mass is 412 g/mol. The van der Waals surface area contributed by atoms with E-state index in [4.69, 9.17) is 4.99 Å². The molecule has 0 amide bonds. The van der Waals surface area contributed by atoms with Crippen LogP contribution in [-0.2, 0) is 9.84 Å². The third kappa shape index (κ3) is 4.07. The van der Waals surface area contributed by atoms with E-state index in [-0.39, 0.29) is 11.6 Å². The summed E-state index contributed by atoms with van der Waals surface area (Å²) in [6, 6.07) is 15.6. The lowest BCUT2D eigenvalue weighted by molar-refractivity contribution is 0.548. The van der Waals surface area contributed by atoms with Crippen molar-refractivity contribution in [2.24, 2.45) is 4.99 Å². The number of nitrogens with zero attached hydrogens (tertiary/aromatic N) is 3. The number of aromatic nitrogens is 2. The fraction of sp³-hybridized carbons (Fsp3) is 0.238. The van der Waals surface area contributed by atoms with Crippen LogP contribution in [0.4, 0.5) is 15.9 Å². The third-order valence-corrected chi connectivity index (χ3v) is 5.87. The van der Waals surface area contributed by atoms with E-state index in [0.717, 1.165) is 16.9 Å². The number of benzene rings is 2. The van der Waals surface area contributed by atoms with Gasteiger partial charge in [0.1, 0.15) is 21.8 Å². The SMILES string of the molecule is Cc1cc(N2c3ccccc3C=NC2C(CS(C)(=O)=O)c2ccc(F)cc2)n[nH]1. The molecular formula is C21H21FN4O2S. The number of fused-ring (bicyclic) bond motifs is 1. The topological polar surface area (TPSA) is 78.4 Å². The van der Waals surface area contributed by atoms with Crippen LogP contribution >= 0.6 is 0 Å². The van der Waals surface area contributed by atoms with Crippen molar-refractivity contribution in [2.45, 2.75) is 19.0 Å². The summed E-state index contributed by atoms with van der Waals surface area (Å²) in [5.74, 6) is -0.350. The molecule has 2 unspecified atom stereocenters. The van der Waals surface area contributed by atoms with Gasteiger partial charge in [-0.1, -0.05) is 30.3 Å². The van der Waals surface area contributed by atoms with Crippen molar-refractivity contribution in [1.82, 2.24) is 10.2 Å². The molecule has 0 spiro atoms. The number of anilines is 2. The molecule has 1 aromatic heterocycles. The van der Waals surface area contributed by atoms with Crippen molar-refractivity contribution in [3.05, 3.63) is 77.2 Å². The van der Waals surface area contributed by atoms with Crippen molar-refractivity contribution < 1.29 is 12.8 Å². The van der Waals surface area contributed by atoms with Gasteiger partial charge >= 0.3 is 0 Å². The number of halogens is 1. The lowest BCUT2D eigenvalue weighted by Crippen LogP contribution is -2.40. The van der Waals surface area contributed by atoms with Gasteiger partial charge in [0.25, 0.3) is 0 Å². The summed E-state index contributed by atoms with van der Waals surface area (Å²) in [5, 5.41) is 7.33. The van der Waals surface area contributed by atoms with Gasteiger partial charge < -0.3 is 4.90 Å². The number of H-pyrrole nitrogens is 1. The summed E-state index contributed by atoms with van der Waals surface area (Å²) < 4.78 is 38.0. The van der Waals surface area contributed by atoms with Gasteiger partial charge in [0, 0.05) is 35.7 Å². The first-order chi connectivity index (χ1) is 13.8. The zero-order chi connectivity index (χ0) is 20.6. The van der Waals surface area contributed by atoms with E-state index in [2.05, 4.69) is 10.2 Å². The van der Waals surface area contributed by atoms with Crippen LogP contribution < -0.4 is 4.90 Å². The Balaban J connectivity index is 1.86. The minimum Gasteiger partial charge on any atom is -0.301 e. The number of para-hydroxylation sites is 1. The molecule has 1 N–H and O–H groups in total. The number of hydrogen-bond acceptors (Lipinski definition) is 5. The van der Waals surface area contributed by atoms with Gasteiger partial charge in [-0.3, -0.25) is 10.1 Å². The van der Waals surface area contributed by atoms with E-state index >= 15 is 0 Å². The standard InChI is InChI=1S/C21H21FN4O2S/c1-14-11-20(25-24-14)26-19-6-4-3-5-16(19)12-23-21(26)18(13-29(2,27)28)15-7-9-17(22)10-8-15/h3-12,18,21H,13H2,1-2H3,(H,24,25). The molecule has 2 atom stereocenters. The number of rotatable bonds is 5. The minimum atomic E-state index is -3.33. The van der Waals surface area contributed by atoms with Gasteiger partial charge in [-0.2, -0.15) is 5.10 Å². The fourth-order valence-electron chi connectivity index (χ4n) is 3.64. The molecule has 3 aromatic rings. The molecule has 2 heterocycles. The normalized spacial score (nSPS) is 17.2. The van der Waals surface area contributed by atoms with E-state index in [1.165, 1.54) is 18.4 Å². The lowest BCUT2D eigenvalue weighted by atomic mass is 9.95. The largest absolute Gasteiger partial charge is 0.301 e. The molecule has 0 radical (unpaired) electrons. The van der Waals surface area contributed by atoms with Crippen LogP contribution in [0.2, 0.25) is 0 Å². The summed E-state index contributed by atoms with van der Waals surface area (Å²) in [6.45, 7) is 1.90. The fourth-order valence-corrected chi connectivity index (χ4v) is 4.66. The molecule has 0 fully saturated rings. The molecule has 29 heavy (non-hydrogen) atoms. The summed E-state index contributed by atoms with van der Waals surface area (Å²) in [7, 11) is -3.33. The molecule has 150 valence electrons. The average Bonchev–Trinajstić information content (AvgIpc) is 3.11. The highest BCUT2D eigenvalue weighted by molar-refractivity contribution is 7.90. The molecule has 4 rings (SSSR count). The Morgan fingerprint density at radius 2 is 1.90 bits per heavy atom. The van der Waals surface area contributed by atoms with E-state index in [0.29, 0.717) is 11.4 Å². The van der Waals surface area contributed by atoms with Crippen LogP contribution in [0, 0.1) is 12.7 Å². The molecule has 8 heteroatoms. The maximum absolute atomic E-state index is 13.5. The van der Waals surface area contributed by atoms with Crippen LogP contribution in [0.15, 0.2) is 59.6 Å². The Kier molecular flexibility index (Phi) is 4.96. The number of hydrogen-bond donors (Lipinski definition) is 1. The Morgan fingerprint density at radius 3 is 2.55 bits per heavy atom. The van der Waals surface area contributed by atoms with Gasteiger partial charge in [-0.15, -0.1) is 0 Å². The maximum atomic E-state index is 13.5. The van der Waals surface area contributed by atoms with Crippen molar-refractivity contribution >= 4 is 27.6 Å². The first-order valence-electron chi connectivity index (χ1n) is 9.18. The first-order valence-corrected chi connectivity index (χ1v) is 11.2. The highest BCUT2D eigenvalue weighted by Gasteiger charge is 2.35. The molecule has 0 aliphatic carbocycles. The summed E-state index contributed by atoms with van der Waals surface area (Å²) in [6.07, 6.45) is 2.41. The van der Waals surface area contributed by atoms with Gasteiger partial charge in [-0.25, -0.2) is 12.8 Å². The van der Waals surface area contributed by atoms with Gasteiger partial charge in [-0.05, 0) is 30.7 Å². The highest BCUT2D eigenvalue weighted by Crippen LogP contribution is 2.38. The molecule has 0 saturated carbocycles. The number of aryl methyl sites for hydroxylation is 1. The molecule has 0 saturated heterocycles. The van der Waals surface area contributed by atoms with Crippen LogP contribution in [0.25, 0.3) is 0 Å². The maximum Gasteiger partial charge on any atom is 0.156 e. The highest BCUT2D eigenvalue weighted by atomic mass is 32.2. The first kappa shape index (κ1) is 19.3. The molecule has 1 aliphatic heterocycles. The molecule has 0 bridgehead atoms. The van der Waals surface area contributed by atoms with Crippen LogP contribution in [0.3, 0.4) is 0 Å². The van der Waals surface area contributed by atoms with E-state index in [1.54, 1.807) is 18.3 Å². The third-order valence-electron chi connectivity index (χ3n) is 4.91. The van der Waals surface area contributed by atoms with Crippen molar-refractivity contribution in [3.8, 4) is 0 Å². The number of sulfone groups is 1. The summed E-state index contributed by atoms with van der Waals surface area (Å²) >= 11 is 0. The number of nitrogens with one attached hydrogen (secondary N) is 1. The molecule has 6 nitrogen and oxygen atoms in total. The average molecular weight is 412 g/mol. The second-order valence-corrected chi connectivity index (χ2v) is 9.47. The van der Waals surface area contributed by atoms with Crippen LogP contribution in [0.5, 0.6) is 0 Å². The van der Waals surface area contributed by atoms with E-state index in [9.17, 15) is 12.8 Å². The van der Waals surface area contributed by atoms with Crippen LogP contribution in [-0.4, -0.2) is 43.0 Å². The Labute approximate surface area is 169 Å². The Hall–Kier alpha value is -3.00.